The monoisotopic (exact) mass is 623 g/mol. The number of hydrogen-bond acceptors (Lipinski definition) is 0. The van der Waals surface area contributed by atoms with Gasteiger partial charge in [0.05, 0.1) is 0 Å². The van der Waals surface area contributed by atoms with Gasteiger partial charge in [0.2, 0.25) is 0 Å². The molecule has 2 aromatic heterocycles. The summed E-state index contributed by atoms with van der Waals surface area (Å²) in [5.41, 5.74) is 17.7. The normalized spacial score (nSPS) is 17.8. The predicted molar refractivity (Wildman–Crippen MR) is 187 cm³/mol. The van der Waals surface area contributed by atoms with Gasteiger partial charge in [-0.3, -0.25) is 0 Å². The molecule has 2 atom stereocenters. The zero-order chi connectivity index (χ0) is 30.3. The van der Waals surface area contributed by atoms with Gasteiger partial charge < -0.3 is 0 Å². The van der Waals surface area contributed by atoms with Gasteiger partial charge in [0, 0.05) is 0 Å². The van der Waals surface area contributed by atoms with Crippen molar-refractivity contribution >= 4 is 39.6 Å². The molecule has 217 valence electrons. The topological polar surface area (TPSA) is 9.86 Å². The molecular formula is C40H39N2SiTi. The maximum atomic E-state index is 2.67. The van der Waals surface area contributed by atoms with Crippen LogP contribution in [0.4, 0.5) is 0 Å². The van der Waals surface area contributed by atoms with E-state index in [0.717, 1.165) is 0 Å². The van der Waals surface area contributed by atoms with Gasteiger partial charge in [-0.05, 0) is 0 Å². The number of hydrogen-bond donors (Lipinski definition) is 0. The van der Waals surface area contributed by atoms with Gasteiger partial charge in [-0.1, -0.05) is 0 Å². The second-order valence-corrected chi connectivity index (χ2v) is 26.9. The minimum atomic E-state index is -1.86. The molecule has 2 heterocycles. The molecular weight excluding hydrogens is 584 g/mol. The number of fused-ring (bicyclic) bond motifs is 6. The third-order valence-electron chi connectivity index (χ3n) is 10.5. The Morgan fingerprint density at radius 2 is 0.864 bits per heavy atom. The van der Waals surface area contributed by atoms with Crippen molar-refractivity contribution in [3.8, 4) is 11.4 Å². The number of rotatable bonds is 5. The molecule has 0 saturated carbocycles. The van der Waals surface area contributed by atoms with Gasteiger partial charge in [0.25, 0.3) is 0 Å². The summed E-state index contributed by atoms with van der Waals surface area (Å²) in [6, 6.07) is 40.5. The summed E-state index contributed by atoms with van der Waals surface area (Å²) in [6.45, 7) is 14.0. The van der Waals surface area contributed by atoms with Crippen LogP contribution in [0.15, 0.2) is 120 Å². The third kappa shape index (κ3) is 3.82. The Hall–Kier alpha value is -3.63. The van der Waals surface area contributed by atoms with E-state index in [-0.39, 0.29) is 0 Å². The van der Waals surface area contributed by atoms with Gasteiger partial charge in [-0.25, -0.2) is 0 Å². The Labute approximate surface area is 268 Å². The fourth-order valence-corrected chi connectivity index (χ4v) is 24.2. The first kappa shape index (κ1) is 27.9. The second-order valence-electron chi connectivity index (χ2n) is 13.0. The molecule has 2 nitrogen and oxygen atoms in total. The molecule has 0 N–H and O–H groups in total. The molecule has 2 aliphatic carbocycles. The van der Waals surface area contributed by atoms with Crippen molar-refractivity contribution in [2.24, 2.45) is 0 Å². The molecule has 0 bridgehead atoms. The van der Waals surface area contributed by atoms with Gasteiger partial charge in [0.15, 0.2) is 0 Å². The number of para-hydroxylation sites is 4. The van der Waals surface area contributed by atoms with Crippen molar-refractivity contribution in [1.29, 1.82) is 0 Å². The molecule has 0 amide bonds. The van der Waals surface area contributed by atoms with Crippen LogP contribution in [0.1, 0.15) is 58.7 Å². The van der Waals surface area contributed by atoms with Crippen LogP contribution >= 0.6 is 0 Å². The van der Waals surface area contributed by atoms with Gasteiger partial charge in [-0.15, -0.1) is 0 Å². The molecule has 8 rings (SSSR count). The Morgan fingerprint density at radius 1 is 0.500 bits per heavy atom. The Balaban J connectivity index is 1.40. The van der Waals surface area contributed by atoms with E-state index >= 15 is 0 Å². The fraction of sp³-hybridized carbons (Fsp3) is 0.200. The quantitative estimate of drug-likeness (QED) is 0.169. The summed E-state index contributed by atoms with van der Waals surface area (Å²) < 4.78 is 6.25. The van der Waals surface area contributed by atoms with Crippen molar-refractivity contribution in [1.82, 2.24) is 9.13 Å². The zero-order valence-corrected chi connectivity index (χ0v) is 29.2. The molecule has 6 aromatic rings. The van der Waals surface area contributed by atoms with Crippen LogP contribution in [0.2, 0.25) is 13.1 Å². The Bertz CT molecular complexity index is 1990. The number of aromatic nitrogens is 2. The second kappa shape index (κ2) is 10.5. The first-order valence-electron chi connectivity index (χ1n) is 16.0. The molecule has 2 aliphatic rings. The Kier molecular flexibility index (Phi) is 6.64. The molecule has 4 aromatic carbocycles. The zero-order valence-electron chi connectivity index (χ0n) is 26.5. The minimum absolute atomic E-state index is 0.559. The summed E-state index contributed by atoms with van der Waals surface area (Å²) >= 11 is -1.86. The number of nitrogens with zero attached hydrogens (tertiary/aromatic N) is 2. The molecule has 0 radical (unpaired) electrons. The summed E-state index contributed by atoms with van der Waals surface area (Å²) in [4.78, 5) is 0. The standard InChI is InChI=1S/2C19H16N.C2H7Si.Ti/c2*1-13-12-17-16-10-6-7-11-18(16)20(19(17)14(13)2)15-8-4-3-5-9-15;1-3-2;/h2*3-12H,1-2H3;3H,1-2H3;. The molecule has 0 spiro atoms. The van der Waals surface area contributed by atoms with Crippen molar-refractivity contribution in [3.63, 3.8) is 0 Å². The van der Waals surface area contributed by atoms with Gasteiger partial charge >= 0.3 is 269 Å². The molecule has 0 aliphatic heterocycles. The van der Waals surface area contributed by atoms with Crippen molar-refractivity contribution < 1.29 is 17.1 Å². The van der Waals surface area contributed by atoms with E-state index in [2.05, 4.69) is 159 Å². The molecule has 44 heavy (non-hydrogen) atoms. The Morgan fingerprint density at radius 3 is 1.25 bits per heavy atom. The maximum absolute atomic E-state index is 2.67. The van der Waals surface area contributed by atoms with E-state index in [1.54, 1.807) is 22.3 Å². The van der Waals surface area contributed by atoms with E-state index < -0.39 is 23.8 Å². The summed E-state index contributed by atoms with van der Waals surface area (Å²) in [7, 11) is 0. The average Bonchev–Trinajstić information content (AvgIpc) is 3.72. The summed E-state index contributed by atoms with van der Waals surface area (Å²) in [6.07, 6.45) is 0. The van der Waals surface area contributed by atoms with E-state index in [0.29, 0.717) is 8.45 Å². The van der Waals surface area contributed by atoms with Crippen LogP contribution in [0.25, 0.3) is 44.3 Å². The van der Waals surface area contributed by atoms with Gasteiger partial charge in [0.1, 0.15) is 0 Å². The fourth-order valence-electron chi connectivity index (χ4n) is 8.45. The summed E-state index contributed by atoms with van der Waals surface area (Å²) in [5.74, 6) is 0. The molecule has 2 unspecified atom stereocenters. The van der Waals surface area contributed by atoms with E-state index in [1.165, 1.54) is 55.7 Å². The van der Waals surface area contributed by atoms with E-state index in [9.17, 15) is 0 Å². The summed E-state index contributed by atoms with van der Waals surface area (Å²) in [5, 5.41) is 2.91. The first-order chi connectivity index (χ1) is 21.4. The number of allylic oxidation sites excluding steroid dienone is 4. The molecule has 4 heteroatoms. The van der Waals surface area contributed by atoms with Crippen LogP contribution in [0.5, 0.6) is 0 Å². The van der Waals surface area contributed by atoms with Crippen LogP contribution in [0.3, 0.4) is 0 Å². The first-order valence-corrected chi connectivity index (χ1v) is 23.4. The van der Waals surface area contributed by atoms with Crippen molar-refractivity contribution in [2.75, 3.05) is 0 Å². The van der Waals surface area contributed by atoms with Crippen molar-refractivity contribution in [2.45, 2.75) is 49.2 Å². The van der Waals surface area contributed by atoms with Crippen molar-refractivity contribution in [3.05, 3.63) is 143 Å². The van der Waals surface area contributed by atoms with Crippen LogP contribution in [-0.2, 0) is 17.1 Å². The predicted octanol–water partition coefficient (Wildman–Crippen LogP) is 10.6. The third-order valence-corrected chi connectivity index (χ3v) is 25.2. The molecule has 0 saturated heterocycles. The van der Waals surface area contributed by atoms with Gasteiger partial charge in [-0.2, -0.15) is 0 Å². The van der Waals surface area contributed by atoms with Crippen LogP contribution < -0.4 is 0 Å². The van der Waals surface area contributed by atoms with Crippen LogP contribution in [0, 0.1) is 0 Å². The average molecular weight is 624 g/mol. The van der Waals surface area contributed by atoms with Crippen LogP contribution in [-0.4, -0.2) is 15.8 Å². The van der Waals surface area contributed by atoms with E-state index in [1.807, 2.05) is 0 Å². The number of benzene rings is 4. The molecule has 0 fully saturated rings. The SMILES string of the molecule is CC1=C(C)[CH]([Ti]([CH]2C(C)=C(C)c3c2c2ccccc2n3-c2ccccc2)[SiH](C)C)c2c1n(-c1ccccc1)c1ccccc21. The van der Waals surface area contributed by atoms with E-state index in [4.69, 9.17) is 0 Å².